The van der Waals surface area contributed by atoms with Crippen molar-refractivity contribution in [3.63, 3.8) is 0 Å². The van der Waals surface area contributed by atoms with Crippen molar-refractivity contribution in [2.24, 2.45) is 10.9 Å². The number of carbonyl (C=O) groups is 1. The molecule has 0 bridgehead atoms. The summed E-state index contributed by atoms with van der Waals surface area (Å²) in [6, 6.07) is 0. The van der Waals surface area contributed by atoms with Crippen molar-refractivity contribution in [1.82, 2.24) is 10.2 Å². The minimum absolute atomic E-state index is 0.143. The van der Waals surface area contributed by atoms with Crippen LogP contribution >= 0.6 is 11.6 Å². The Balaban J connectivity index is 3.38. The molecule has 0 aromatic carbocycles. The van der Waals surface area contributed by atoms with Crippen molar-refractivity contribution in [3.05, 3.63) is 24.4 Å². The average molecular weight is 425 g/mol. The SMILES string of the molecule is C=C(C)/C(=N\C(=N)Cl)N(C(=C)C(C)C)C1(CNC(=O)OC(C)(C)C)CCCCC1. The van der Waals surface area contributed by atoms with E-state index >= 15 is 0 Å². The van der Waals surface area contributed by atoms with Crippen LogP contribution in [0.25, 0.3) is 0 Å². The Bertz CT molecular complexity index is 671. The third-order valence-corrected chi connectivity index (χ3v) is 5.06. The predicted octanol–water partition coefficient (Wildman–Crippen LogP) is 5.83. The number of ether oxygens (including phenoxy) is 1. The first-order chi connectivity index (χ1) is 13.3. The summed E-state index contributed by atoms with van der Waals surface area (Å²) in [6.07, 6.45) is 4.46. The smallest absolute Gasteiger partial charge is 0.407 e. The fourth-order valence-electron chi connectivity index (χ4n) is 3.59. The number of amidine groups is 2. The molecule has 1 saturated carbocycles. The molecule has 164 valence electrons. The number of nitrogens with one attached hydrogen (secondary N) is 2. The molecule has 0 atom stereocenters. The molecule has 0 radical (unpaired) electrons. The lowest BCUT2D eigenvalue weighted by atomic mass is 9.78. The number of aliphatic imine (C=N–C) groups is 1. The quantitative estimate of drug-likeness (QED) is 0.319. The van der Waals surface area contributed by atoms with E-state index in [4.69, 9.17) is 21.7 Å². The van der Waals surface area contributed by atoms with E-state index in [-0.39, 0.29) is 11.2 Å². The molecule has 6 nitrogen and oxygen atoms in total. The first kappa shape index (κ1) is 25.2. The monoisotopic (exact) mass is 424 g/mol. The van der Waals surface area contributed by atoms with Crippen molar-refractivity contribution in [2.75, 3.05) is 6.54 Å². The van der Waals surface area contributed by atoms with Crippen molar-refractivity contribution in [3.8, 4) is 0 Å². The second-order valence-electron chi connectivity index (χ2n) is 9.13. The third-order valence-electron chi connectivity index (χ3n) is 4.97. The highest BCUT2D eigenvalue weighted by molar-refractivity contribution is 6.64. The Morgan fingerprint density at radius 3 is 2.24 bits per heavy atom. The lowest BCUT2D eigenvalue weighted by molar-refractivity contribution is 0.0469. The summed E-state index contributed by atoms with van der Waals surface area (Å²) in [6.45, 7) is 20.3. The Labute approximate surface area is 180 Å². The van der Waals surface area contributed by atoms with Crippen LogP contribution < -0.4 is 5.32 Å². The molecule has 0 aliphatic heterocycles. The van der Waals surface area contributed by atoms with Crippen molar-refractivity contribution in [1.29, 1.82) is 5.41 Å². The Morgan fingerprint density at radius 1 is 1.28 bits per heavy atom. The van der Waals surface area contributed by atoms with Gasteiger partial charge in [-0.25, -0.2) is 9.79 Å². The molecule has 0 saturated heterocycles. The highest BCUT2D eigenvalue weighted by Gasteiger charge is 2.42. The fraction of sp³-hybridized carbons (Fsp3) is 0.682. The number of halogens is 1. The summed E-state index contributed by atoms with van der Waals surface area (Å²) in [7, 11) is 0. The maximum atomic E-state index is 12.4. The number of carbonyl (C=O) groups excluding carboxylic acids is 1. The Morgan fingerprint density at radius 2 is 1.83 bits per heavy atom. The van der Waals surface area contributed by atoms with Crippen LogP contribution in [0, 0.1) is 11.3 Å². The molecule has 0 unspecified atom stereocenters. The van der Waals surface area contributed by atoms with Gasteiger partial charge in [-0.2, -0.15) is 0 Å². The average Bonchev–Trinajstić information content (AvgIpc) is 2.58. The number of hydrogen-bond donors (Lipinski definition) is 2. The predicted molar refractivity (Wildman–Crippen MR) is 122 cm³/mol. The summed E-state index contributed by atoms with van der Waals surface area (Å²) >= 11 is 5.84. The molecule has 1 amide bonds. The van der Waals surface area contributed by atoms with E-state index in [1.165, 1.54) is 0 Å². The zero-order valence-corrected chi connectivity index (χ0v) is 19.6. The van der Waals surface area contributed by atoms with E-state index in [1.54, 1.807) is 0 Å². The van der Waals surface area contributed by atoms with Crippen LogP contribution in [0.2, 0.25) is 0 Å². The van der Waals surface area contributed by atoms with Crippen LogP contribution in [0.4, 0.5) is 4.79 Å². The van der Waals surface area contributed by atoms with Gasteiger partial charge in [0, 0.05) is 12.2 Å². The fourth-order valence-corrected chi connectivity index (χ4v) is 3.67. The number of rotatable bonds is 6. The third kappa shape index (κ3) is 7.50. The molecular formula is C22H37ClN4O2. The van der Waals surface area contributed by atoms with Crippen LogP contribution in [0.1, 0.15) is 73.6 Å². The Kier molecular flexibility index (Phi) is 8.94. The normalized spacial score (nSPS) is 16.9. The Hall–Kier alpha value is -1.82. The second-order valence-corrected chi connectivity index (χ2v) is 9.49. The minimum atomic E-state index is -0.566. The molecule has 1 aliphatic rings. The number of hydrogen-bond acceptors (Lipinski definition) is 3. The second kappa shape index (κ2) is 10.3. The van der Waals surface area contributed by atoms with Gasteiger partial charge in [0.05, 0.1) is 5.54 Å². The van der Waals surface area contributed by atoms with Crippen LogP contribution in [-0.2, 0) is 4.74 Å². The maximum absolute atomic E-state index is 12.4. The number of amides is 1. The van der Waals surface area contributed by atoms with Crippen LogP contribution in [0.3, 0.4) is 0 Å². The lowest BCUT2D eigenvalue weighted by Crippen LogP contribution is -2.59. The van der Waals surface area contributed by atoms with Gasteiger partial charge in [-0.1, -0.05) is 46.3 Å². The van der Waals surface area contributed by atoms with Gasteiger partial charge < -0.3 is 15.0 Å². The topological polar surface area (TPSA) is 77.8 Å². The molecule has 7 heteroatoms. The van der Waals surface area contributed by atoms with E-state index in [2.05, 4.69) is 42.2 Å². The van der Waals surface area contributed by atoms with E-state index < -0.39 is 17.2 Å². The number of allylic oxidation sites excluding steroid dienone is 1. The van der Waals surface area contributed by atoms with E-state index in [0.717, 1.165) is 37.8 Å². The molecule has 29 heavy (non-hydrogen) atoms. The summed E-state index contributed by atoms with van der Waals surface area (Å²) in [4.78, 5) is 18.7. The van der Waals surface area contributed by atoms with Gasteiger partial charge in [0.2, 0.25) is 5.29 Å². The van der Waals surface area contributed by atoms with Gasteiger partial charge in [-0.15, -0.1) is 0 Å². The molecule has 0 heterocycles. The highest BCUT2D eigenvalue weighted by Crippen LogP contribution is 2.38. The summed E-state index contributed by atoms with van der Waals surface area (Å²) in [5, 5.41) is 10.3. The number of alkyl carbamates (subject to hydrolysis) is 1. The molecular weight excluding hydrogens is 388 g/mol. The van der Waals surface area contributed by atoms with Crippen LogP contribution in [0.5, 0.6) is 0 Å². The summed E-state index contributed by atoms with van der Waals surface area (Å²) in [5.74, 6) is 0.668. The first-order valence-electron chi connectivity index (χ1n) is 10.2. The van der Waals surface area contributed by atoms with Gasteiger partial charge in [0.25, 0.3) is 0 Å². The standard InChI is InChI=1S/C22H37ClN4O2/c1-15(2)17(5)27(18(16(3)4)26-19(23)24)22(12-10-9-11-13-22)14-25-20(28)29-21(6,7)8/h15,24H,3,5,9-14H2,1-2,4,6-8H3,(H,25,28)/b24-19?,26-18+. The molecule has 2 N–H and O–H groups in total. The van der Waals surface area contributed by atoms with Crippen molar-refractivity contribution in [2.45, 2.75) is 84.8 Å². The van der Waals surface area contributed by atoms with Crippen molar-refractivity contribution >= 4 is 28.8 Å². The van der Waals surface area contributed by atoms with Gasteiger partial charge in [0.15, 0.2) is 0 Å². The summed E-state index contributed by atoms with van der Waals surface area (Å²) in [5.41, 5.74) is 0.556. The van der Waals surface area contributed by atoms with E-state index in [0.29, 0.717) is 18.0 Å². The molecule has 0 spiro atoms. The highest BCUT2D eigenvalue weighted by atomic mass is 35.5. The number of nitrogens with zero attached hydrogens (tertiary/aromatic N) is 2. The van der Waals surface area contributed by atoms with Gasteiger partial charge in [-0.05, 0) is 63.6 Å². The first-order valence-corrected chi connectivity index (χ1v) is 10.6. The molecule has 0 aromatic heterocycles. The zero-order valence-electron chi connectivity index (χ0n) is 18.8. The molecule has 1 aliphatic carbocycles. The van der Waals surface area contributed by atoms with E-state index in [9.17, 15) is 4.79 Å². The van der Waals surface area contributed by atoms with Crippen LogP contribution in [-0.4, -0.2) is 39.8 Å². The minimum Gasteiger partial charge on any atom is -0.444 e. The van der Waals surface area contributed by atoms with Gasteiger partial charge >= 0.3 is 6.09 Å². The molecule has 1 fully saturated rings. The van der Waals surface area contributed by atoms with Gasteiger partial charge in [-0.3, -0.25) is 5.41 Å². The van der Waals surface area contributed by atoms with E-state index in [1.807, 2.05) is 27.7 Å². The maximum Gasteiger partial charge on any atom is 0.407 e. The van der Waals surface area contributed by atoms with Crippen LogP contribution in [0.15, 0.2) is 29.4 Å². The zero-order chi connectivity index (χ0) is 22.4. The molecule has 1 rings (SSSR count). The lowest BCUT2D eigenvalue weighted by Gasteiger charge is -2.49. The molecule has 0 aromatic rings. The summed E-state index contributed by atoms with van der Waals surface area (Å²) < 4.78 is 5.44. The van der Waals surface area contributed by atoms with Gasteiger partial charge in [0.1, 0.15) is 11.4 Å². The largest absolute Gasteiger partial charge is 0.444 e. The van der Waals surface area contributed by atoms with Crippen molar-refractivity contribution < 1.29 is 9.53 Å².